The van der Waals surface area contributed by atoms with Crippen LogP contribution < -0.4 is 5.32 Å². The number of carbonyl (C=O) groups excluding carboxylic acids is 1. The van der Waals surface area contributed by atoms with E-state index in [1.165, 1.54) is 5.57 Å². The van der Waals surface area contributed by atoms with Gasteiger partial charge in [-0.3, -0.25) is 4.79 Å². The van der Waals surface area contributed by atoms with Gasteiger partial charge in [0.2, 0.25) is 5.91 Å². The molecule has 0 aromatic heterocycles. The van der Waals surface area contributed by atoms with Crippen molar-refractivity contribution in [2.45, 2.75) is 26.2 Å². The first-order valence-corrected chi connectivity index (χ1v) is 3.90. The lowest BCUT2D eigenvalue weighted by molar-refractivity contribution is -0.116. The maximum absolute atomic E-state index is 10.9. The molecule has 0 fully saturated rings. The lowest BCUT2D eigenvalue weighted by atomic mass is 10.0. The van der Waals surface area contributed by atoms with Crippen molar-refractivity contribution in [1.82, 2.24) is 5.32 Å². The van der Waals surface area contributed by atoms with Crippen LogP contribution in [0.4, 0.5) is 0 Å². The summed E-state index contributed by atoms with van der Waals surface area (Å²) < 4.78 is 0. The monoisotopic (exact) mass is 151 g/mol. The first-order valence-electron chi connectivity index (χ1n) is 3.90. The zero-order valence-electron chi connectivity index (χ0n) is 6.81. The van der Waals surface area contributed by atoms with E-state index in [-0.39, 0.29) is 5.91 Å². The molecule has 0 atom stereocenters. The van der Waals surface area contributed by atoms with Crippen molar-refractivity contribution in [3.63, 3.8) is 0 Å². The molecule has 60 valence electrons. The van der Waals surface area contributed by atoms with Crippen LogP contribution in [0.2, 0.25) is 0 Å². The number of carbonyl (C=O) groups is 1. The summed E-state index contributed by atoms with van der Waals surface area (Å²) in [6.07, 6.45) is 4.61. The molecule has 1 amide bonds. The van der Waals surface area contributed by atoms with Crippen molar-refractivity contribution < 1.29 is 4.79 Å². The first-order chi connectivity index (χ1) is 5.22. The van der Waals surface area contributed by atoms with Gasteiger partial charge in [0.15, 0.2) is 0 Å². The van der Waals surface area contributed by atoms with Crippen LogP contribution in [-0.4, -0.2) is 5.91 Å². The van der Waals surface area contributed by atoms with E-state index in [1.807, 2.05) is 0 Å². The van der Waals surface area contributed by atoms with Gasteiger partial charge in [-0.2, -0.15) is 0 Å². The van der Waals surface area contributed by atoms with E-state index < -0.39 is 0 Å². The number of amides is 1. The highest BCUT2D eigenvalue weighted by molar-refractivity contribution is 5.90. The predicted octanol–water partition coefficient (Wildman–Crippen LogP) is 1.75. The van der Waals surface area contributed by atoms with Gasteiger partial charge in [0.05, 0.1) is 0 Å². The molecule has 0 bridgehead atoms. The summed E-state index contributed by atoms with van der Waals surface area (Å²) in [7, 11) is 0. The SMILES string of the molecule is C=C1CC(CCC)=CC(=O)N1. The first kappa shape index (κ1) is 8.05. The molecule has 0 saturated carbocycles. The van der Waals surface area contributed by atoms with Gasteiger partial charge in [0, 0.05) is 18.2 Å². The smallest absolute Gasteiger partial charge is 0.248 e. The van der Waals surface area contributed by atoms with E-state index in [4.69, 9.17) is 0 Å². The lowest BCUT2D eigenvalue weighted by Gasteiger charge is -2.14. The number of hydrogen-bond acceptors (Lipinski definition) is 1. The Kier molecular flexibility index (Phi) is 2.47. The van der Waals surface area contributed by atoms with Gasteiger partial charge in [-0.15, -0.1) is 0 Å². The van der Waals surface area contributed by atoms with Crippen molar-refractivity contribution >= 4 is 5.91 Å². The van der Waals surface area contributed by atoms with E-state index in [9.17, 15) is 4.79 Å². The van der Waals surface area contributed by atoms with Gasteiger partial charge in [0.1, 0.15) is 0 Å². The van der Waals surface area contributed by atoms with Gasteiger partial charge < -0.3 is 5.32 Å². The number of rotatable bonds is 2. The largest absolute Gasteiger partial charge is 0.327 e. The average Bonchev–Trinajstić information content (AvgIpc) is 1.85. The summed E-state index contributed by atoms with van der Waals surface area (Å²) >= 11 is 0. The maximum Gasteiger partial charge on any atom is 0.248 e. The maximum atomic E-state index is 10.9. The number of hydrogen-bond donors (Lipinski definition) is 1. The fraction of sp³-hybridized carbons (Fsp3) is 0.444. The highest BCUT2D eigenvalue weighted by Gasteiger charge is 2.10. The second kappa shape index (κ2) is 3.37. The molecular formula is C9H13NO. The minimum absolute atomic E-state index is 0.0234. The zero-order valence-corrected chi connectivity index (χ0v) is 6.81. The van der Waals surface area contributed by atoms with Crippen LogP contribution in [0.25, 0.3) is 0 Å². The van der Waals surface area contributed by atoms with E-state index in [2.05, 4.69) is 18.8 Å². The van der Waals surface area contributed by atoms with Gasteiger partial charge in [0.25, 0.3) is 0 Å². The van der Waals surface area contributed by atoms with E-state index in [1.54, 1.807) is 6.08 Å². The van der Waals surface area contributed by atoms with Crippen molar-refractivity contribution in [2.75, 3.05) is 0 Å². The Morgan fingerprint density at radius 3 is 3.00 bits per heavy atom. The third-order valence-electron chi connectivity index (χ3n) is 1.65. The predicted molar refractivity (Wildman–Crippen MR) is 44.9 cm³/mol. The van der Waals surface area contributed by atoms with Gasteiger partial charge in [-0.25, -0.2) is 0 Å². The molecule has 0 aromatic rings. The molecule has 1 N–H and O–H groups in total. The molecule has 2 heteroatoms. The summed E-state index contributed by atoms with van der Waals surface area (Å²) in [6, 6.07) is 0. The van der Waals surface area contributed by atoms with Gasteiger partial charge >= 0.3 is 0 Å². The molecule has 1 rings (SSSR count). The van der Waals surface area contributed by atoms with Crippen LogP contribution in [0.15, 0.2) is 23.9 Å². The Morgan fingerprint density at radius 1 is 1.73 bits per heavy atom. The van der Waals surface area contributed by atoms with Crippen molar-refractivity contribution in [3.05, 3.63) is 23.9 Å². The second-order valence-corrected chi connectivity index (χ2v) is 2.82. The molecule has 0 aliphatic carbocycles. The summed E-state index contributed by atoms with van der Waals surface area (Å²) in [6.45, 7) is 5.83. The average molecular weight is 151 g/mol. The van der Waals surface area contributed by atoms with Crippen LogP contribution in [0.5, 0.6) is 0 Å². The Balaban J connectivity index is 2.64. The Morgan fingerprint density at radius 2 is 2.45 bits per heavy atom. The Hall–Kier alpha value is -1.05. The fourth-order valence-corrected chi connectivity index (χ4v) is 1.25. The Labute approximate surface area is 67.0 Å². The summed E-state index contributed by atoms with van der Waals surface area (Å²) in [5.74, 6) is -0.0234. The van der Waals surface area contributed by atoms with Crippen LogP contribution in [0.3, 0.4) is 0 Å². The normalized spacial score (nSPS) is 17.7. The second-order valence-electron chi connectivity index (χ2n) is 2.82. The summed E-state index contributed by atoms with van der Waals surface area (Å²) in [5.41, 5.74) is 2.02. The molecule has 0 spiro atoms. The quantitative estimate of drug-likeness (QED) is 0.640. The van der Waals surface area contributed by atoms with E-state index >= 15 is 0 Å². The van der Waals surface area contributed by atoms with Gasteiger partial charge in [-0.1, -0.05) is 25.5 Å². The summed E-state index contributed by atoms with van der Waals surface area (Å²) in [5, 5.41) is 2.66. The number of allylic oxidation sites excluding steroid dienone is 1. The molecule has 11 heavy (non-hydrogen) atoms. The standard InChI is InChI=1S/C9H13NO/c1-3-4-8-5-7(2)10-9(11)6-8/h6H,2-5H2,1H3,(H,10,11). The van der Waals surface area contributed by atoms with E-state index in [0.29, 0.717) is 0 Å². The van der Waals surface area contributed by atoms with Crippen molar-refractivity contribution in [3.8, 4) is 0 Å². The molecule has 0 radical (unpaired) electrons. The Bertz CT molecular complexity index is 216. The molecular weight excluding hydrogens is 138 g/mol. The molecule has 1 aliphatic rings. The lowest BCUT2D eigenvalue weighted by Crippen LogP contribution is -2.24. The zero-order chi connectivity index (χ0) is 8.27. The molecule has 0 saturated heterocycles. The minimum atomic E-state index is -0.0234. The molecule has 1 heterocycles. The van der Waals surface area contributed by atoms with Crippen LogP contribution in [0, 0.1) is 0 Å². The molecule has 2 nitrogen and oxygen atoms in total. The fourth-order valence-electron chi connectivity index (χ4n) is 1.25. The highest BCUT2D eigenvalue weighted by Crippen LogP contribution is 2.16. The summed E-state index contributed by atoms with van der Waals surface area (Å²) in [4.78, 5) is 10.9. The van der Waals surface area contributed by atoms with Gasteiger partial charge in [-0.05, 0) is 6.42 Å². The molecule has 0 unspecified atom stereocenters. The van der Waals surface area contributed by atoms with E-state index in [0.717, 1.165) is 25.0 Å². The van der Waals surface area contributed by atoms with Crippen molar-refractivity contribution in [2.24, 2.45) is 0 Å². The van der Waals surface area contributed by atoms with Crippen LogP contribution in [-0.2, 0) is 4.79 Å². The molecule has 1 aliphatic heterocycles. The molecule has 0 aromatic carbocycles. The minimum Gasteiger partial charge on any atom is -0.327 e. The third kappa shape index (κ3) is 2.22. The van der Waals surface area contributed by atoms with Crippen LogP contribution >= 0.6 is 0 Å². The highest BCUT2D eigenvalue weighted by atomic mass is 16.1. The van der Waals surface area contributed by atoms with Crippen LogP contribution in [0.1, 0.15) is 26.2 Å². The van der Waals surface area contributed by atoms with Crippen molar-refractivity contribution in [1.29, 1.82) is 0 Å². The topological polar surface area (TPSA) is 29.1 Å². The number of nitrogens with one attached hydrogen (secondary N) is 1. The third-order valence-corrected chi connectivity index (χ3v) is 1.65.